The van der Waals surface area contributed by atoms with Crippen molar-refractivity contribution in [1.82, 2.24) is 21.3 Å². The Morgan fingerprint density at radius 2 is 1.32 bits per heavy atom. The molecular weight excluding hydrogens is 544 g/mol. The molecule has 41 heavy (non-hydrogen) atoms. The summed E-state index contributed by atoms with van der Waals surface area (Å²) in [7, 11) is 0. The van der Waals surface area contributed by atoms with E-state index in [0.717, 1.165) is 0 Å². The largest absolute Gasteiger partial charge is 0.480 e. The molecular formula is C23H42N10O8. The lowest BCUT2D eigenvalue weighted by atomic mass is 9.98. The molecule has 0 radical (unpaired) electrons. The second kappa shape index (κ2) is 18.7. The molecule has 18 heteroatoms. The van der Waals surface area contributed by atoms with Crippen LogP contribution in [0.2, 0.25) is 0 Å². The lowest BCUT2D eigenvalue weighted by Gasteiger charge is -2.27. The molecule has 18 nitrogen and oxygen atoms in total. The van der Waals surface area contributed by atoms with E-state index in [9.17, 15) is 38.7 Å². The number of carboxylic acids is 1. The Labute approximate surface area is 236 Å². The molecule has 15 N–H and O–H groups in total. The van der Waals surface area contributed by atoms with Crippen molar-refractivity contribution in [2.75, 3.05) is 13.1 Å². The highest BCUT2D eigenvalue weighted by atomic mass is 16.4. The average Bonchev–Trinajstić information content (AvgIpc) is 2.89. The Morgan fingerprint density at radius 3 is 1.78 bits per heavy atom. The number of nitrogens with two attached hydrogens (primary N) is 5. The third-order valence-corrected chi connectivity index (χ3v) is 5.91. The van der Waals surface area contributed by atoms with Gasteiger partial charge in [-0.25, -0.2) is 4.79 Å². The summed E-state index contributed by atoms with van der Waals surface area (Å²) < 4.78 is 0. The number of nitrogens with one attached hydrogen (secondary N) is 4. The minimum absolute atomic E-state index is 0.0669. The number of primary amides is 2. The number of nitrogens with zero attached hydrogens (tertiary/aromatic N) is 1. The van der Waals surface area contributed by atoms with E-state index < -0.39 is 84.5 Å². The zero-order chi connectivity index (χ0) is 31.7. The number of aliphatic imine (C=N–C) groups is 1. The first-order valence-corrected chi connectivity index (χ1v) is 12.9. The van der Waals surface area contributed by atoms with Gasteiger partial charge in [0.05, 0.1) is 13.0 Å². The summed E-state index contributed by atoms with van der Waals surface area (Å²) in [5.74, 6) is -7.17. The maximum absolute atomic E-state index is 13.3. The molecule has 0 aliphatic carbocycles. The molecule has 232 valence electrons. The highest BCUT2D eigenvalue weighted by molar-refractivity contribution is 5.96. The number of carboxylic acid groups (broad SMARTS) is 1. The summed E-state index contributed by atoms with van der Waals surface area (Å²) in [6, 6.07) is -5.50. The number of carbonyl (C=O) groups excluding carboxylic acids is 6. The predicted octanol–water partition coefficient (Wildman–Crippen LogP) is -4.79. The molecule has 0 rings (SSSR count). The lowest BCUT2D eigenvalue weighted by Crippen LogP contribution is -2.58. The van der Waals surface area contributed by atoms with Crippen molar-refractivity contribution in [2.45, 2.75) is 76.5 Å². The quantitative estimate of drug-likeness (QED) is 0.0366. The summed E-state index contributed by atoms with van der Waals surface area (Å²) in [5, 5.41) is 18.9. The van der Waals surface area contributed by atoms with E-state index in [1.165, 1.54) is 0 Å². The molecule has 5 atom stereocenters. The van der Waals surface area contributed by atoms with E-state index in [0.29, 0.717) is 6.42 Å². The zero-order valence-corrected chi connectivity index (χ0v) is 23.2. The number of carbonyl (C=O) groups is 7. The molecule has 0 fully saturated rings. The minimum atomic E-state index is -1.46. The first-order valence-electron chi connectivity index (χ1n) is 12.9. The standard InChI is InChI=1S/C23H42N10O8/c1-3-11(2)18(22(40)41)33-20(38)13(6-7-15(25)34)32-19(37)12(5-4-8-29-23(27)28)31-21(39)14(9-16(26)35)30-17(36)10-24/h11-14,18H,3-10,24H2,1-2H3,(H2,25,34)(H2,26,35)(H,30,36)(H,31,39)(H,32,37)(H,33,38)(H,40,41)(H4,27,28,29)/t11-,12-,13-,14-,18-/m0/s1. The van der Waals surface area contributed by atoms with Crippen LogP contribution in [0.25, 0.3) is 0 Å². The van der Waals surface area contributed by atoms with Gasteiger partial charge in [0.25, 0.3) is 0 Å². The first kappa shape index (κ1) is 36.5. The van der Waals surface area contributed by atoms with Gasteiger partial charge in [-0.15, -0.1) is 0 Å². The van der Waals surface area contributed by atoms with E-state index in [4.69, 9.17) is 28.7 Å². The predicted molar refractivity (Wildman–Crippen MR) is 146 cm³/mol. The molecule has 0 aromatic heterocycles. The van der Waals surface area contributed by atoms with E-state index in [-0.39, 0.29) is 38.2 Å². The first-order chi connectivity index (χ1) is 19.1. The summed E-state index contributed by atoms with van der Waals surface area (Å²) in [6.07, 6.45) is -0.684. The Bertz CT molecular complexity index is 985. The molecule has 0 aromatic carbocycles. The van der Waals surface area contributed by atoms with E-state index in [1.807, 2.05) is 0 Å². The summed E-state index contributed by atoms with van der Waals surface area (Å²) >= 11 is 0. The van der Waals surface area contributed by atoms with Crippen LogP contribution in [0.1, 0.15) is 52.4 Å². The maximum atomic E-state index is 13.3. The second-order valence-electron chi connectivity index (χ2n) is 9.28. The number of hydrogen-bond acceptors (Lipinski definition) is 9. The summed E-state index contributed by atoms with van der Waals surface area (Å²) in [6.45, 7) is 2.92. The molecule has 0 heterocycles. The third kappa shape index (κ3) is 15.0. The smallest absolute Gasteiger partial charge is 0.326 e. The van der Waals surface area contributed by atoms with Gasteiger partial charge in [0.1, 0.15) is 24.2 Å². The molecule has 0 spiro atoms. The number of amides is 6. The van der Waals surface area contributed by atoms with E-state index in [2.05, 4.69) is 26.3 Å². The van der Waals surface area contributed by atoms with Crippen LogP contribution in [-0.4, -0.2) is 89.7 Å². The molecule has 0 saturated heterocycles. The van der Waals surface area contributed by atoms with Crippen molar-refractivity contribution in [3.8, 4) is 0 Å². The van der Waals surface area contributed by atoms with Crippen LogP contribution in [0.4, 0.5) is 0 Å². The SMILES string of the molecule is CC[C@H](C)[C@H](NC(=O)[C@H](CCC(N)=O)NC(=O)[C@H](CCCN=C(N)N)NC(=O)[C@H](CC(N)=O)NC(=O)CN)C(=O)O. The van der Waals surface area contributed by atoms with Crippen LogP contribution < -0.4 is 49.9 Å². The monoisotopic (exact) mass is 586 g/mol. The molecule has 0 aromatic rings. The van der Waals surface area contributed by atoms with Crippen LogP contribution in [0.5, 0.6) is 0 Å². The second-order valence-corrected chi connectivity index (χ2v) is 9.28. The van der Waals surface area contributed by atoms with Gasteiger partial charge in [0.15, 0.2) is 5.96 Å². The van der Waals surface area contributed by atoms with Crippen molar-refractivity contribution < 1.29 is 38.7 Å². The fourth-order valence-electron chi connectivity index (χ4n) is 3.47. The van der Waals surface area contributed by atoms with Crippen molar-refractivity contribution in [3.05, 3.63) is 0 Å². The third-order valence-electron chi connectivity index (χ3n) is 5.91. The highest BCUT2D eigenvalue weighted by Crippen LogP contribution is 2.10. The van der Waals surface area contributed by atoms with Gasteiger partial charge in [0.2, 0.25) is 35.4 Å². The number of aliphatic carboxylic acids is 1. The van der Waals surface area contributed by atoms with Gasteiger partial charge in [-0.1, -0.05) is 20.3 Å². The van der Waals surface area contributed by atoms with Crippen LogP contribution in [0, 0.1) is 5.92 Å². The minimum Gasteiger partial charge on any atom is -0.480 e. The Morgan fingerprint density at radius 1 is 0.780 bits per heavy atom. The van der Waals surface area contributed by atoms with Crippen molar-refractivity contribution >= 4 is 47.4 Å². The highest BCUT2D eigenvalue weighted by Gasteiger charge is 2.32. The number of hydrogen-bond donors (Lipinski definition) is 10. The fraction of sp³-hybridized carbons (Fsp3) is 0.652. The zero-order valence-electron chi connectivity index (χ0n) is 23.2. The van der Waals surface area contributed by atoms with Crippen LogP contribution in [-0.2, 0) is 33.6 Å². The lowest BCUT2D eigenvalue weighted by molar-refractivity contribution is -0.144. The molecule has 0 saturated carbocycles. The molecule has 0 bridgehead atoms. The number of rotatable bonds is 20. The van der Waals surface area contributed by atoms with E-state index in [1.54, 1.807) is 13.8 Å². The van der Waals surface area contributed by atoms with Gasteiger partial charge in [-0.2, -0.15) is 0 Å². The van der Waals surface area contributed by atoms with Crippen LogP contribution in [0.15, 0.2) is 4.99 Å². The van der Waals surface area contributed by atoms with Gasteiger partial charge >= 0.3 is 5.97 Å². The van der Waals surface area contributed by atoms with Gasteiger partial charge < -0.3 is 55.0 Å². The Balaban J connectivity index is 6.03. The molecule has 0 aliphatic rings. The molecule has 6 amide bonds. The van der Waals surface area contributed by atoms with Crippen LogP contribution in [0.3, 0.4) is 0 Å². The topological polar surface area (TPSA) is 330 Å². The van der Waals surface area contributed by atoms with Crippen molar-refractivity contribution in [2.24, 2.45) is 39.6 Å². The number of guanidine groups is 1. The maximum Gasteiger partial charge on any atom is 0.326 e. The summed E-state index contributed by atoms with van der Waals surface area (Å²) in [4.78, 5) is 89.3. The fourth-order valence-corrected chi connectivity index (χ4v) is 3.47. The average molecular weight is 587 g/mol. The Kier molecular flexibility index (Phi) is 16.7. The van der Waals surface area contributed by atoms with Gasteiger partial charge in [-0.3, -0.25) is 33.8 Å². The summed E-state index contributed by atoms with van der Waals surface area (Å²) in [5.41, 5.74) is 26.2. The van der Waals surface area contributed by atoms with Crippen molar-refractivity contribution in [3.63, 3.8) is 0 Å². The Hall–Kier alpha value is -4.48. The van der Waals surface area contributed by atoms with Gasteiger partial charge in [-0.05, 0) is 25.2 Å². The molecule has 0 aliphatic heterocycles. The van der Waals surface area contributed by atoms with E-state index >= 15 is 0 Å². The molecule has 0 unspecified atom stereocenters. The van der Waals surface area contributed by atoms with Gasteiger partial charge in [0, 0.05) is 13.0 Å². The van der Waals surface area contributed by atoms with Crippen LogP contribution >= 0.6 is 0 Å². The normalized spacial score (nSPS) is 14.2. The van der Waals surface area contributed by atoms with Crippen molar-refractivity contribution in [1.29, 1.82) is 0 Å².